The van der Waals surface area contributed by atoms with Crippen LogP contribution in [0.25, 0.3) is 0 Å². The molecule has 1 saturated carbocycles. The van der Waals surface area contributed by atoms with Gasteiger partial charge in [0.25, 0.3) is 0 Å². The highest BCUT2D eigenvalue weighted by Crippen LogP contribution is 2.45. The Hall–Kier alpha value is -0.400. The maximum atomic E-state index is 4.54. The van der Waals surface area contributed by atoms with Crippen LogP contribution in [0, 0.1) is 11.8 Å². The molecule has 0 amide bonds. The van der Waals surface area contributed by atoms with Gasteiger partial charge in [0.2, 0.25) is 0 Å². The molecule has 2 nitrogen and oxygen atoms in total. The molecule has 0 aromatic rings. The van der Waals surface area contributed by atoms with E-state index in [9.17, 15) is 0 Å². The fourth-order valence-electron chi connectivity index (χ4n) is 3.26. The van der Waals surface area contributed by atoms with E-state index in [1.807, 2.05) is 0 Å². The summed E-state index contributed by atoms with van der Waals surface area (Å²) < 4.78 is 0. The van der Waals surface area contributed by atoms with Gasteiger partial charge in [0.15, 0.2) is 0 Å². The Labute approximate surface area is 133 Å². The van der Waals surface area contributed by atoms with Crippen LogP contribution < -0.4 is 0 Å². The van der Waals surface area contributed by atoms with Crippen LogP contribution in [-0.2, 0) is 0 Å². The highest BCUT2D eigenvalue weighted by molar-refractivity contribution is 4.92. The minimum atomic E-state index is 0.473. The van der Waals surface area contributed by atoms with E-state index in [1.54, 1.807) is 0 Å². The van der Waals surface area contributed by atoms with Gasteiger partial charge in [-0.2, -0.15) is 10.2 Å². The molecule has 0 spiro atoms. The molecule has 1 aliphatic rings. The SMILES string of the molecule is CCCCCCCCCN=NC(C)C1CC1CCCCC. The van der Waals surface area contributed by atoms with Crippen molar-refractivity contribution in [2.45, 2.75) is 104 Å². The van der Waals surface area contributed by atoms with Crippen molar-refractivity contribution >= 4 is 0 Å². The molecule has 0 radical (unpaired) electrons. The first-order valence-corrected chi connectivity index (χ1v) is 9.66. The van der Waals surface area contributed by atoms with Crippen molar-refractivity contribution in [1.82, 2.24) is 0 Å². The average molecular weight is 295 g/mol. The average Bonchev–Trinajstić information content (AvgIpc) is 3.25. The van der Waals surface area contributed by atoms with E-state index in [1.165, 1.54) is 77.0 Å². The molecule has 2 heteroatoms. The molecular formula is C19H38N2. The molecule has 3 unspecified atom stereocenters. The van der Waals surface area contributed by atoms with Gasteiger partial charge in [0.1, 0.15) is 0 Å². The minimum absolute atomic E-state index is 0.473. The highest BCUT2D eigenvalue weighted by atomic mass is 15.1. The van der Waals surface area contributed by atoms with Gasteiger partial charge in [-0.3, -0.25) is 0 Å². The van der Waals surface area contributed by atoms with Crippen LogP contribution in [0.15, 0.2) is 10.2 Å². The number of unbranched alkanes of at least 4 members (excludes halogenated alkanes) is 8. The summed E-state index contributed by atoms with van der Waals surface area (Å²) in [6.45, 7) is 7.77. The van der Waals surface area contributed by atoms with E-state index in [0.29, 0.717) is 6.04 Å². The van der Waals surface area contributed by atoms with Crippen molar-refractivity contribution in [2.24, 2.45) is 22.1 Å². The molecule has 0 aliphatic heterocycles. The zero-order chi connectivity index (χ0) is 15.3. The van der Waals surface area contributed by atoms with Crippen molar-refractivity contribution in [3.63, 3.8) is 0 Å². The van der Waals surface area contributed by atoms with Gasteiger partial charge in [0, 0.05) is 0 Å². The van der Waals surface area contributed by atoms with Crippen LogP contribution in [0.4, 0.5) is 0 Å². The summed E-state index contributed by atoms with van der Waals surface area (Å²) >= 11 is 0. The number of rotatable bonds is 14. The van der Waals surface area contributed by atoms with Crippen molar-refractivity contribution < 1.29 is 0 Å². The van der Waals surface area contributed by atoms with Gasteiger partial charge < -0.3 is 0 Å². The topological polar surface area (TPSA) is 24.7 Å². The Morgan fingerprint density at radius 2 is 1.48 bits per heavy atom. The lowest BCUT2D eigenvalue weighted by Crippen LogP contribution is -2.02. The maximum Gasteiger partial charge on any atom is 0.0711 e. The van der Waals surface area contributed by atoms with Gasteiger partial charge >= 0.3 is 0 Å². The number of nitrogens with zero attached hydrogens (tertiary/aromatic N) is 2. The molecule has 0 aromatic carbocycles. The predicted molar refractivity (Wildman–Crippen MR) is 92.9 cm³/mol. The van der Waals surface area contributed by atoms with Gasteiger partial charge in [-0.1, -0.05) is 78.1 Å². The molecule has 3 atom stereocenters. The summed E-state index contributed by atoms with van der Waals surface area (Å²) in [5, 5.41) is 8.96. The van der Waals surface area contributed by atoms with Gasteiger partial charge in [-0.25, -0.2) is 0 Å². The molecular weight excluding hydrogens is 256 g/mol. The second-order valence-corrected chi connectivity index (χ2v) is 7.00. The lowest BCUT2D eigenvalue weighted by molar-refractivity contribution is 0.518. The van der Waals surface area contributed by atoms with Gasteiger partial charge in [-0.05, 0) is 31.6 Å². The summed E-state index contributed by atoms with van der Waals surface area (Å²) in [7, 11) is 0. The van der Waals surface area contributed by atoms with E-state index >= 15 is 0 Å². The van der Waals surface area contributed by atoms with E-state index in [-0.39, 0.29) is 0 Å². The predicted octanol–water partition coefficient (Wildman–Crippen LogP) is 6.79. The second-order valence-electron chi connectivity index (χ2n) is 7.00. The maximum absolute atomic E-state index is 4.54. The standard InChI is InChI=1S/C19H38N2/c1-4-6-8-9-10-11-13-15-20-21-17(3)19-16-18(19)14-12-7-5-2/h17-19H,4-16H2,1-3H3. The fraction of sp³-hybridized carbons (Fsp3) is 1.00. The monoisotopic (exact) mass is 294 g/mol. The normalized spacial score (nSPS) is 22.8. The van der Waals surface area contributed by atoms with Crippen molar-refractivity contribution in [3.8, 4) is 0 Å². The van der Waals surface area contributed by atoms with Gasteiger partial charge in [-0.15, -0.1) is 0 Å². The first-order chi connectivity index (χ1) is 10.3. The lowest BCUT2D eigenvalue weighted by atomic mass is 10.1. The number of azo groups is 1. The summed E-state index contributed by atoms with van der Waals surface area (Å²) in [5.74, 6) is 1.81. The summed E-state index contributed by atoms with van der Waals surface area (Å²) in [5.41, 5.74) is 0. The summed E-state index contributed by atoms with van der Waals surface area (Å²) in [6.07, 6.45) is 16.5. The Balaban J connectivity index is 1.91. The fourth-order valence-corrected chi connectivity index (χ4v) is 3.26. The molecule has 0 N–H and O–H groups in total. The van der Waals surface area contributed by atoms with Crippen molar-refractivity contribution in [3.05, 3.63) is 0 Å². The van der Waals surface area contributed by atoms with Crippen LogP contribution in [0.1, 0.15) is 97.8 Å². The summed E-state index contributed by atoms with van der Waals surface area (Å²) in [4.78, 5) is 0. The Kier molecular flexibility index (Phi) is 10.8. The molecule has 1 rings (SSSR count). The molecule has 0 bridgehead atoms. The molecule has 0 heterocycles. The smallest absolute Gasteiger partial charge is 0.0711 e. The molecule has 21 heavy (non-hydrogen) atoms. The van der Waals surface area contributed by atoms with Crippen LogP contribution in [0.3, 0.4) is 0 Å². The molecule has 124 valence electrons. The Morgan fingerprint density at radius 3 is 2.19 bits per heavy atom. The second kappa shape index (κ2) is 12.2. The quantitative estimate of drug-likeness (QED) is 0.249. The van der Waals surface area contributed by atoms with Crippen LogP contribution in [-0.4, -0.2) is 12.6 Å². The first-order valence-electron chi connectivity index (χ1n) is 9.66. The van der Waals surface area contributed by atoms with E-state index < -0.39 is 0 Å². The third-order valence-corrected chi connectivity index (χ3v) is 4.90. The highest BCUT2D eigenvalue weighted by Gasteiger charge is 2.40. The minimum Gasteiger partial charge on any atom is -0.194 e. The van der Waals surface area contributed by atoms with E-state index in [2.05, 4.69) is 31.0 Å². The number of hydrogen-bond acceptors (Lipinski definition) is 2. The third kappa shape index (κ3) is 9.26. The van der Waals surface area contributed by atoms with Crippen LogP contribution in [0.2, 0.25) is 0 Å². The molecule has 0 saturated heterocycles. The van der Waals surface area contributed by atoms with Crippen molar-refractivity contribution in [2.75, 3.05) is 6.54 Å². The van der Waals surface area contributed by atoms with Crippen molar-refractivity contribution in [1.29, 1.82) is 0 Å². The third-order valence-electron chi connectivity index (χ3n) is 4.90. The van der Waals surface area contributed by atoms with Crippen LogP contribution >= 0.6 is 0 Å². The molecule has 0 aromatic heterocycles. The molecule has 1 aliphatic carbocycles. The first kappa shape index (κ1) is 18.6. The van der Waals surface area contributed by atoms with E-state index in [4.69, 9.17) is 0 Å². The summed E-state index contributed by atoms with van der Waals surface area (Å²) in [6, 6.07) is 0.473. The van der Waals surface area contributed by atoms with E-state index in [0.717, 1.165) is 18.4 Å². The Bertz CT molecular complexity index is 262. The number of hydrogen-bond donors (Lipinski definition) is 0. The zero-order valence-corrected chi connectivity index (χ0v) is 14.8. The van der Waals surface area contributed by atoms with Gasteiger partial charge in [0.05, 0.1) is 12.6 Å². The Morgan fingerprint density at radius 1 is 0.857 bits per heavy atom. The van der Waals surface area contributed by atoms with Crippen LogP contribution in [0.5, 0.6) is 0 Å². The largest absolute Gasteiger partial charge is 0.194 e. The molecule has 1 fully saturated rings. The zero-order valence-electron chi connectivity index (χ0n) is 14.8. The lowest BCUT2D eigenvalue weighted by Gasteiger charge is -2.04.